The molecule has 4 rings (SSSR count). The number of hydrogen-bond acceptors (Lipinski definition) is 4. The molecule has 1 saturated heterocycles. The third-order valence-corrected chi connectivity index (χ3v) is 4.99. The van der Waals surface area contributed by atoms with Gasteiger partial charge in [0.25, 0.3) is 0 Å². The molecule has 1 unspecified atom stereocenters. The van der Waals surface area contributed by atoms with Crippen LogP contribution in [0.3, 0.4) is 0 Å². The van der Waals surface area contributed by atoms with Crippen LogP contribution in [0.15, 0.2) is 61.1 Å². The van der Waals surface area contributed by atoms with Crippen molar-refractivity contribution in [2.24, 2.45) is 0 Å². The van der Waals surface area contributed by atoms with E-state index in [0.29, 0.717) is 19.8 Å². The molecule has 2 aromatic heterocycles. The van der Waals surface area contributed by atoms with Gasteiger partial charge in [-0.1, -0.05) is 24.3 Å². The highest BCUT2D eigenvalue weighted by Crippen LogP contribution is 2.21. The highest BCUT2D eigenvalue weighted by molar-refractivity contribution is 5.83. The summed E-state index contributed by atoms with van der Waals surface area (Å²) in [7, 11) is 0. The van der Waals surface area contributed by atoms with Gasteiger partial charge in [0.1, 0.15) is 6.04 Å². The Morgan fingerprint density at radius 1 is 1.15 bits per heavy atom. The number of hydrogen-bond donors (Lipinski definition) is 1. The fraction of sp³-hybridized carbons (Fsp3) is 0.333. The van der Waals surface area contributed by atoms with Crippen LogP contribution >= 0.6 is 0 Å². The SMILES string of the molecule is O=C(NCCn1ccc2ccccc21)C(c1cccnc1)N1CCOCC1. The molecule has 0 spiro atoms. The molecule has 140 valence electrons. The first-order valence-corrected chi connectivity index (χ1v) is 9.36. The molecule has 6 heteroatoms. The maximum atomic E-state index is 13.0. The molecule has 6 nitrogen and oxygen atoms in total. The van der Waals surface area contributed by atoms with Gasteiger partial charge >= 0.3 is 0 Å². The number of carbonyl (C=O) groups excluding carboxylic acids is 1. The summed E-state index contributed by atoms with van der Waals surface area (Å²) in [6, 6.07) is 13.9. The van der Waals surface area contributed by atoms with Gasteiger partial charge in [0, 0.05) is 50.3 Å². The molecule has 27 heavy (non-hydrogen) atoms. The van der Waals surface area contributed by atoms with Crippen LogP contribution in [0.4, 0.5) is 0 Å². The van der Waals surface area contributed by atoms with E-state index in [-0.39, 0.29) is 11.9 Å². The van der Waals surface area contributed by atoms with Crippen molar-refractivity contribution in [2.45, 2.75) is 12.6 Å². The monoisotopic (exact) mass is 364 g/mol. The number of ether oxygens (including phenoxy) is 1. The Bertz CT molecular complexity index is 887. The van der Waals surface area contributed by atoms with Crippen LogP contribution in [0.2, 0.25) is 0 Å². The Morgan fingerprint density at radius 2 is 2.00 bits per heavy atom. The number of rotatable bonds is 6. The quantitative estimate of drug-likeness (QED) is 0.729. The van der Waals surface area contributed by atoms with E-state index >= 15 is 0 Å². The summed E-state index contributed by atoms with van der Waals surface area (Å²) in [5.41, 5.74) is 2.10. The third kappa shape index (κ3) is 4.02. The molecule has 1 fully saturated rings. The number of nitrogens with zero attached hydrogens (tertiary/aromatic N) is 3. The molecule has 1 aliphatic heterocycles. The molecule has 0 saturated carbocycles. The molecular weight excluding hydrogens is 340 g/mol. The first kappa shape index (κ1) is 17.7. The van der Waals surface area contributed by atoms with Crippen molar-refractivity contribution >= 4 is 16.8 Å². The Kier molecular flexibility index (Phi) is 5.46. The van der Waals surface area contributed by atoms with Gasteiger partial charge in [0.15, 0.2) is 0 Å². The standard InChI is InChI=1S/C21H24N4O2/c26-21(23-9-11-24-10-7-17-4-1-2-6-19(17)24)20(18-5-3-8-22-16-18)25-12-14-27-15-13-25/h1-8,10,16,20H,9,11-15H2,(H,23,26). The van der Waals surface area contributed by atoms with Crippen LogP contribution in [0.5, 0.6) is 0 Å². The number of carbonyl (C=O) groups is 1. The van der Waals surface area contributed by atoms with Crippen molar-refractivity contribution in [3.63, 3.8) is 0 Å². The molecule has 3 heterocycles. The van der Waals surface area contributed by atoms with Crippen LogP contribution in [-0.4, -0.2) is 53.2 Å². The Morgan fingerprint density at radius 3 is 2.81 bits per heavy atom. The zero-order valence-electron chi connectivity index (χ0n) is 15.3. The average molecular weight is 364 g/mol. The van der Waals surface area contributed by atoms with Gasteiger partial charge in [-0.05, 0) is 29.1 Å². The van der Waals surface area contributed by atoms with E-state index in [9.17, 15) is 4.79 Å². The van der Waals surface area contributed by atoms with E-state index in [2.05, 4.69) is 44.2 Å². The summed E-state index contributed by atoms with van der Waals surface area (Å²) in [6.45, 7) is 4.12. The van der Waals surface area contributed by atoms with Crippen molar-refractivity contribution in [2.75, 3.05) is 32.8 Å². The van der Waals surface area contributed by atoms with Gasteiger partial charge in [-0.3, -0.25) is 14.7 Å². The van der Waals surface area contributed by atoms with E-state index in [4.69, 9.17) is 4.74 Å². The van der Waals surface area contributed by atoms with Gasteiger partial charge < -0.3 is 14.6 Å². The lowest BCUT2D eigenvalue weighted by molar-refractivity contribution is -0.128. The molecule has 1 atom stereocenters. The number of amides is 1. The second kappa shape index (κ2) is 8.33. The van der Waals surface area contributed by atoms with E-state index < -0.39 is 0 Å². The summed E-state index contributed by atoms with van der Waals surface area (Å²) < 4.78 is 7.61. The van der Waals surface area contributed by atoms with Crippen molar-refractivity contribution < 1.29 is 9.53 Å². The van der Waals surface area contributed by atoms with Crippen molar-refractivity contribution in [3.05, 3.63) is 66.6 Å². The van der Waals surface area contributed by atoms with Crippen LogP contribution in [0.25, 0.3) is 10.9 Å². The van der Waals surface area contributed by atoms with Gasteiger partial charge in [-0.2, -0.15) is 0 Å². The topological polar surface area (TPSA) is 59.4 Å². The largest absolute Gasteiger partial charge is 0.379 e. The Hall–Kier alpha value is -2.70. The molecule has 1 aliphatic rings. The highest BCUT2D eigenvalue weighted by Gasteiger charge is 2.28. The number of nitrogens with one attached hydrogen (secondary N) is 1. The lowest BCUT2D eigenvalue weighted by atomic mass is 10.1. The van der Waals surface area contributed by atoms with Crippen molar-refractivity contribution in [3.8, 4) is 0 Å². The summed E-state index contributed by atoms with van der Waals surface area (Å²) in [6.07, 6.45) is 5.57. The second-order valence-electron chi connectivity index (χ2n) is 6.70. The van der Waals surface area contributed by atoms with Gasteiger partial charge in [-0.15, -0.1) is 0 Å². The average Bonchev–Trinajstić information content (AvgIpc) is 3.13. The van der Waals surface area contributed by atoms with Crippen molar-refractivity contribution in [1.82, 2.24) is 19.8 Å². The Balaban J connectivity index is 1.43. The number of pyridine rings is 1. The summed E-state index contributed by atoms with van der Waals surface area (Å²) in [5, 5.41) is 4.32. The molecule has 0 aliphatic carbocycles. The molecule has 0 bridgehead atoms. The molecular formula is C21H24N4O2. The van der Waals surface area contributed by atoms with Crippen LogP contribution in [-0.2, 0) is 16.1 Å². The summed E-state index contributed by atoms with van der Waals surface area (Å²) in [5.74, 6) is 0.0151. The molecule has 3 aromatic rings. The minimum atomic E-state index is -0.330. The lowest BCUT2D eigenvalue weighted by Gasteiger charge is -2.33. The maximum Gasteiger partial charge on any atom is 0.242 e. The number of benzene rings is 1. The molecule has 0 radical (unpaired) electrons. The maximum absolute atomic E-state index is 13.0. The van der Waals surface area contributed by atoms with Crippen LogP contribution in [0.1, 0.15) is 11.6 Å². The lowest BCUT2D eigenvalue weighted by Crippen LogP contribution is -2.46. The predicted octanol–water partition coefficient (Wildman–Crippen LogP) is 2.23. The fourth-order valence-corrected chi connectivity index (χ4v) is 3.63. The van der Waals surface area contributed by atoms with Gasteiger partial charge in [-0.25, -0.2) is 0 Å². The van der Waals surface area contributed by atoms with E-state index in [1.165, 1.54) is 10.9 Å². The van der Waals surface area contributed by atoms with E-state index in [1.807, 2.05) is 24.3 Å². The molecule has 1 amide bonds. The van der Waals surface area contributed by atoms with E-state index in [1.54, 1.807) is 12.4 Å². The van der Waals surface area contributed by atoms with Crippen molar-refractivity contribution in [1.29, 1.82) is 0 Å². The number of para-hydroxylation sites is 1. The third-order valence-electron chi connectivity index (χ3n) is 4.99. The minimum absolute atomic E-state index is 0.0151. The minimum Gasteiger partial charge on any atom is -0.379 e. The summed E-state index contributed by atoms with van der Waals surface area (Å²) in [4.78, 5) is 19.4. The number of fused-ring (bicyclic) bond motifs is 1. The fourth-order valence-electron chi connectivity index (χ4n) is 3.63. The van der Waals surface area contributed by atoms with Gasteiger partial charge in [0.2, 0.25) is 5.91 Å². The van der Waals surface area contributed by atoms with Gasteiger partial charge in [0.05, 0.1) is 13.2 Å². The first-order valence-electron chi connectivity index (χ1n) is 9.36. The number of aromatic nitrogens is 2. The predicted molar refractivity (Wildman–Crippen MR) is 104 cm³/mol. The summed E-state index contributed by atoms with van der Waals surface area (Å²) >= 11 is 0. The van der Waals surface area contributed by atoms with E-state index in [0.717, 1.165) is 25.2 Å². The second-order valence-corrected chi connectivity index (χ2v) is 6.70. The zero-order chi connectivity index (χ0) is 18.5. The normalized spacial score (nSPS) is 16.3. The highest BCUT2D eigenvalue weighted by atomic mass is 16.5. The smallest absolute Gasteiger partial charge is 0.242 e. The van der Waals surface area contributed by atoms with Crippen LogP contribution < -0.4 is 5.32 Å². The molecule has 1 N–H and O–H groups in total. The zero-order valence-corrected chi connectivity index (χ0v) is 15.3. The van der Waals surface area contributed by atoms with Crippen LogP contribution in [0, 0.1) is 0 Å². The first-order chi connectivity index (χ1) is 13.3. The Labute approximate surface area is 158 Å². The molecule has 1 aromatic carbocycles. The number of morpholine rings is 1.